The Morgan fingerprint density at radius 3 is 1.13 bits per heavy atom. The predicted octanol–water partition coefficient (Wildman–Crippen LogP) is 19.3. The summed E-state index contributed by atoms with van der Waals surface area (Å²) in [5.74, 6) is -5.69. The van der Waals surface area contributed by atoms with Crippen molar-refractivity contribution in [1.29, 1.82) is 0 Å². The molecule has 20 aliphatic rings. The van der Waals surface area contributed by atoms with Gasteiger partial charge in [-0.1, -0.05) is 0 Å². The third-order valence-corrected chi connectivity index (χ3v) is 27.3. The van der Waals surface area contributed by atoms with E-state index in [1.165, 1.54) is 64.2 Å². The molecule has 0 aromatic heterocycles. The number of halogens is 10. The van der Waals surface area contributed by atoms with E-state index in [2.05, 4.69) is 20.8 Å². The van der Waals surface area contributed by atoms with E-state index in [9.17, 15) is 43.9 Å². The van der Waals surface area contributed by atoms with E-state index in [0.717, 1.165) is 169 Å². The van der Waals surface area contributed by atoms with E-state index in [0.29, 0.717) is 105 Å². The van der Waals surface area contributed by atoms with Crippen molar-refractivity contribution >= 4 is 0 Å². The van der Waals surface area contributed by atoms with Crippen LogP contribution in [0.4, 0.5) is 43.9 Å². The minimum Gasteiger partial charge on any atom is -0.381 e. The molecule has 20 rings (SSSR count). The lowest BCUT2D eigenvalue weighted by Gasteiger charge is -2.65. The number of hydrogen-bond acceptors (Lipinski definition) is 11. The number of ether oxygens (including phenoxy) is 11. The Kier molecular flexibility index (Phi) is 24.5. The maximum atomic E-state index is 13.0. The van der Waals surface area contributed by atoms with Crippen LogP contribution in [0.3, 0.4) is 0 Å². The highest BCUT2D eigenvalue weighted by molar-refractivity contribution is 5.17. The average Bonchev–Trinajstić information content (AvgIpc) is 0.703. The van der Waals surface area contributed by atoms with Crippen molar-refractivity contribution in [1.82, 2.24) is 0 Å². The summed E-state index contributed by atoms with van der Waals surface area (Å²) in [4.78, 5) is 0. The molecular weight excluding hydrogens is 1330 g/mol. The summed E-state index contributed by atoms with van der Waals surface area (Å²) < 4.78 is 192. The lowest BCUT2D eigenvalue weighted by Crippen LogP contribution is -2.65. The Bertz CT molecular complexity index is 2610. The normalized spacial score (nSPS) is 43.7. The van der Waals surface area contributed by atoms with E-state index in [1.54, 1.807) is 7.11 Å². The van der Waals surface area contributed by atoms with Crippen LogP contribution in [0.25, 0.3) is 0 Å². The molecule has 0 saturated heterocycles. The highest BCUT2D eigenvalue weighted by Crippen LogP contribution is 2.68. The van der Waals surface area contributed by atoms with E-state index >= 15 is 0 Å². The number of methoxy groups -OCH3 is 3. The smallest absolute Gasteiger partial charge is 0.268 e. The van der Waals surface area contributed by atoms with Crippen molar-refractivity contribution in [2.24, 2.45) is 92.7 Å². The molecule has 20 fully saturated rings. The molecule has 20 bridgehead atoms. The molecular formula is C80H130F10O11. The second-order valence-electron chi connectivity index (χ2n) is 38.4. The number of hydrogen-bond donors (Lipinski definition) is 0. The zero-order valence-electron chi connectivity index (χ0n) is 63.6. The van der Waals surface area contributed by atoms with Gasteiger partial charge in [-0.2, -0.15) is 0 Å². The molecule has 586 valence electrons. The summed E-state index contributed by atoms with van der Waals surface area (Å²) in [6.07, 6.45) is 32.3. The molecule has 0 aromatic rings. The van der Waals surface area contributed by atoms with E-state index < -0.39 is 62.6 Å². The number of rotatable bonds is 29. The molecule has 11 nitrogen and oxygen atoms in total. The van der Waals surface area contributed by atoms with Crippen LogP contribution in [0, 0.1) is 92.7 Å². The first-order valence-corrected chi connectivity index (χ1v) is 39.4. The van der Waals surface area contributed by atoms with Crippen LogP contribution in [-0.4, -0.2) is 170 Å². The van der Waals surface area contributed by atoms with Gasteiger partial charge in [-0.25, -0.2) is 43.9 Å². The minimum atomic E-state index is -2.77. The first-order chi connectivity index (χ1) is 47.1. The molecule has 0 N–H and O–H groups in total. The molecule has 0 radical (unpaired) electrons. The Balaban J connectivity index is 0.000000127. The van der Waals surface area contributed by atoms with E-state index in [1.807, 2.05) is 21.1 Å². The largest absolute Gasteiger partial charge is 0.381 e. The molecule has 20 saturated carbocycles. The van der Waals surface area contributed by atoms with Crippen LogP contribution >= 0.6 is 0 Å². The summed E-state index contributed by atoms with van der Waals surface area (Å²) in [7, 11) is 5.42. The first kappa shape index (κ1) is 80.9. The van der Waals surface area contributed by atoms with Crippen molar-refractivity contribution in [2.75, 3.05) is 101 Å². The van der Waals surface area contributed by atoms with Gasteiger partial charge in [0.1, 0.15) is 33.0 Å². The van der Waals surface area contributed by atoms with Gasteiger partial charge in [0.05, 0.1) is 73.2 Å². The van der Waals surface area contributed by atoms with Gasteiger partial charge in [-0.3, -0.25) is 0 Å². The summed E-state index contributed by atoms with van der Waals surface area (Å²) in [6.45, 7) is 14.4. The molecule has 0 aromatic carbocycles. The molecule has 20 aliphatic carbocycles. The first-order valence-electron chi connectivity index (χ1n) is 39.4. The second kappa shape index (κ2) is 30.6. The molecule has 0 heterocycles. The molecule has 12 atom stereocenters. The third kappa shape index (κ3) is 20.3. The van der Waals surface area contributed by atoms with Crippen LogP contribution in [-0.2, 0) is 52.1 Å². The lowest BCUT2D eigenvalue weighted by atomic mass is 9.46. The Labute approximate surface area is 598 Å². The summed E-state index contributed by atoms with van der Waals surface area (Å²) >= 11 is 0. The number of alkyl halides is 10. The van der Waals surface area contributed by atoms with Gasteiger partial charge in [0.2, 0.25) is 0 Å². The fourth-order valence-electron chi connectivity index (χ4n) is 26.9. The molecule has 0 amide bonds. The van der Waals surface area contributed by atoms with Crippen molar-refractivity contribution in [3.8, 4) is 0 Å². The quantitative estimate of drug-likeness (QED) is 0.0669. The van der Waals surface area contributed by atoms with Crippen LogP contribution in [0.1, 0.15) is 242 Å². The summed E-state index contributed by atoms with van der Waals surface area (Å²) in [5, 5.41) is 0. The molecule has 0 aliphatic heterocycles. The van der Waals surface area contributed by atoms with Crippen LogP contribution in [0.15, 0.2) is 0 Å². The topological polar surface area (TPSA) is 102 Å². The van der Waals surface area contributed by atoms with Crippen molar-refractivity contribution < 1.29 is 96.0 Å². The van der Waals surface area contributed by atoms with Crippen molar-refractivity contribution in [3.05, 3.63) is 0 Å². The van der Waals surface area contributed by atoms with Gasteiger partial charge in [-0.05, 0) is 294 Å². The Morgan fingerprint density at radius 1 is 0.337 bits per heavy atom. The standard InChI is InChI=1S/C17H28F2O3.C17H28F2O2.C16H26F2O2.2C15H24F2O2/c1-4-22-17-7-13-5-15(9-17,12-21-11-14(2,18)19)8-16(6-13,10-17)20-3;1-12(2)21-17-7-13-4-14(8-17)6-16(5-13,9-17)11-20-10-15(3,18)19;1-3-20-16-7-12-4-13(8-16)6-15(5-12,9-16)11-19-10-14(2,17)18;1-14(16,17)8-19-9-15-5-10-3-11(6-15)13(18-2)12(4-10)7-15;1-14(16,17)9-19-8-13-11-3-10-4-12(13)7-15(5-10,6-11)18-2/h13H,4-12H2,1-3H3;12-14H,4-11H2,1-3H3;12-13H,3-11H2,1-2H3;2*10-13H,3-9H2,1-2H3. The fraction of sp³-hybridized carbons (Fsp3) is 1.00. The summed E-state index contributed by atoms with van der Waals surface area (Å²) in [6, 6.07) is 0. The fourth-order valence-corrected chi connectivity index (χ4v) is 26.9. The highest BCUT2D eigenvalue weighted by atomic mass is 19.3. The molecule has 101 heavy (non-hydrogen) atoms. The van der Waals surface area contributed by atoms with Gasteiger partial charge in [0.15, 0.2) is 0 Å². The van der Waals surface area contributed by atoms with Crippen molar-refractivity contribution in [2.45, 2.75) is 312 Å². The molecule has 12 unspecified atom stereocenters. The maximum absolute atomic E-state index is 13.0. The van der Waals surface area contributed by atoms with E-state index in [-0.39, 0.29) is 55.8 Å². The molecule has 21 heteroatoms. The second-order valence-corrected chi connectivity index (χ2v) is 38.4. The monoisotopic (exact) mass is 1460 g/mol. The van der Waals surface area contributed by atoms with Gasteiger partial charge in [0.25, 0.3) is 29.6 Å². The zero-order chi connectivity index (χ0) is 73.1. The summed E-state index contributed by atoms with van der Waals surface area (Å²) in [5.41, 5.74) is 0.130. The Hall–Kier alpha value is -1.14. The minimum absolute atomic E-state index is 0.00363. The van der Waals surface area contributed by atoms with Gasteiger partial charge in [0, 0.05) is 75.6 Å². The van der Waals surface area contributed by atoms with Gasteiger partial charge < -0.3 is 52.1 Å². The van der Waals surface area contributed by atoms with Gasteiger partial charge >= 0.3 is 0 Å². The third-order valence-electron chi connectivity index (χ3n) is 27.3. The van der Waals surface area contributed by atoms with Crippen LogP contribution in [0.5, 0.6) is 0 Å². The van der Waals surface area contributed by atoms with Crippen LogP contribution in [0.2, 0.25) is 0 Å². The maximum Gasteiger partial charge on any atom is 0.268 e. The SMILES string of the molecule is CC(C)OC12CC3CC(CC(COCC(C)(F)F)(C3)C1)C2.CCOC12CC3CC(CC(COCC(C)(F)F)(C3)C1)C2.CCOC12CC3CC(COCC(C)(F)F)(CC(OC)(C3)C1)C2.COC12CC3CC(C1)C(COCC(C)(F)F)C(C3)C2.COC1C2CC3CC1CC(COCC(C)(F)F)(C3)C2. The molecule has 0 spiro atoms. The average molecular weight is 1460 g/mol. The highest BCUT2D eigenvalue weighted by Gasteiger charge is 2.66. The van der Waals surface area contributed by atoms with Gasteiger partial charge in [-0.15, -0.1) is 0 Å². The van der Waals surface area contributed by atoms with E-state index in [4.69, 9.17) is 52.1 Å². The zero-order valence-corrected chi connectivity index (χ0v) is 63.6. The Morgan fingerprint density at radius 2 is 0.683 bits per heavy atom. The predicted molar refractivity (Wildman–Crippen MR) is 366 cm³/mol. The lowest BCUT2D eigenvalue weighted by molar-refractivity contribution is -0.264. The van der Waals surface area contributed by atoms with Crippen molar-refractivity contribution in [3.63, 3.8) is 0 Å². The van der Waals surface area contributed by atoms with Crippen LogP contribution < -0.4 is 0 Å².